The second-order valence-corrected chi connectivity index (χ2v) is 7.77. The molecule has 1 aliphatic rings. The molecule has 0 unspecified atom stereocenters. The molecule has 0 bridgehead atoms. The summed E-state index contributed by atoms with van der Waals surface area (Å²) in [4.78, 5) is 66.5. The minimum Gasteiger partial charge on any atom is -0.480 e. The number of anilines is 2. The van der Waals surface area contributed by atoms with Crippen molar-refractivity contribution in [2.75, 3.05) is 29.4 Å². The zero-order chi connectivity index (χ0) is 24.9. The number of benzene rings is 3. The number of hydrogen-bond donors (Lipinski definition) is 1. The molecule has 4 rings (SSSR count). The molecule has 1 heterocycles. The molecule has 0 atom stereocenters. The van der Waals surface area contributed by atoms with Gasteiger partial charge in [0.05, 0.1) is 11.1 Å². The Morgan fingerprint density at radius 3 is 1.51 bits per heavy atom. The Morgan fingerprint density at radius 1 is 0.629 bits per heavy atom. The van der Waals surface area contributed by atoms with E-state index in [2.05, 4.69) is 0 Å². The van der Waals surface area contributed by atoms with Crippen LogP contribution in [0.15, 0.2) is 84.9 Å². The van der Waals surface area contributed by atoms with Gasteiger partial charge in [-0.2, -0.15) is 0 Å². The second kappa shape index (κ2) is 10.0. The Balaban J connectivity index is 1.60. The van der Waals surface area contributed by atoms with E-state index in [0.717, 1.165) is 14.7 Å². The topological polar surface area (TPSA) is 115 Å². The monoisotopic (exact) mass is 471 g/mol. The van der Waals surface area contributed by atoms with Crippen molar-refractivity contribution in [3.05, 3.63) is 96.1 Å². The summed E-state index contributed by atoms with van der Waals surface area (Å²) in [6.07, 6.45) is 0. The molecule has 176 valence electrons. The lowest BCUT2D eigenvalue weighted by molar-refractivity contribution is -0.136. The highest BCUT2D eigenvalue weighted by Gasteiger charge is 2.37. The lowest BCUT2D eigenvalue weighted by Crippen LogP contribution is -2.48. The Bertz CT molecular complexity index is 1260. The molecule has 3 aromatic rings. The SMILES string of the molecule is O=C(O)CN(C(=O)CN(C(=O)CN1C(=O)c2ccccc2C1=O)c1ccccc1)c1ccccc1. The number of nitrogens with zero attached hydrogens (tertiary/aromatic N) is 3. The van der Waals surface area contributed by atoms with Crippen molar-refractivity contribution in [2.45, 2.75) is 0 Å². The molecular formula is C26H21N3O6. The maximum atomic E-state index is 13.4. The minimum absolute atomic E-state index is 0.212. The van der Waals surface area contributed by atoms with E-state index in [4.69, 9.17) is 0 Å². The zero-order valence-corrected chi connectivity index (χ0v) is 18.5. The highest BCUT2D eigenvalue weighted by molar-refractivity contribution is 6.23. The summed E-state index contributed by atoms with van der Waals surface area (Å²) in [5.74, 6) is -3.70. The number of hydrogen-bond acceptors (Lipinski definition) is 5. The first-order valence-electron chi connectivity index (χ1n) is 10.7. The van der Waals surface area contributed by atoms with Crippen molar-refractivity contribution in [1.29, 1.82) is 0 Å². The summed E-state index contributed by atoms with van der Waals surface area (Å²) in [7, 11) is 0. The highest BCUT2D eigenvalue weighted by atomic mass is 16.4. The molecule has 0 radical (unpaired) electrons. The molecule has 9 nitrogen and oxygen atoms in total. The number of imide groups is 1. The van der Waals surface area contributed by atoms with Gasteiger partial charge in [-0.25, -0.2) is 0 Å². The van der Waals surface area contributed by atoms with E-state index in [9.17, 15) is 29.1 Å². The Morgan fingerprint density at radius 2 is 1.06 bits per heavy atom. The Labute approximate surface area is 200 Å². The first-order chi connectivity index (χ1) is 16.9. The maximum absolute atomic E-state index is 13.4. The third-order valence-electron chi connectivity index (χ3n) is 5.50. The number of carbonyl (C=O) groups excluding carboxylic acids is 4. The van der Waals surface area contributed by atoms with Gasteiger partial charge in [0.2, 0.25) is 11.8 Å². The zero-order valence-electron chi connectivity index (χ0n) is 18.5. The van der Waals surface area contributed by atoms with Crippen LogP contribution in [0, 0.1) is 0 Å². The van der Waals surface area contributed by atoms with Crippen molar-refractivity contribution in [2.24, 2.45) is 0 Å². The summed E-state index contributed by atoms with van der Waals surface area (Å²) in [6.45, 7) is -1.66. The molecule has 1 N–H and O–H groups in total. The van der Waals surface area contributed by atoms with Crippen LogP contribution in [-0.4, -0.2) is 59.2 Å². The molecule has 3 aromatic carbocycles. The van der Waals surface area contributed by atoms with Crippen LogP contribution in [0.25, 0.3) is 0 Å². The molecule has 0 aromatic heterocycles. The summed E-state index contributed by atoms with van der Waals surface area (Å²) >= 11 is 0. The summed E-state index contributed by atoms with van der Waals surface area (Å²) in [5.41, 5.74) is 1.15. The quantitative estimate of drug-likeness (QED) is 0.505. The molecule has 35 heavy (non-hydrogen) atoms. The van der Waals surface area contributed by atoms with Crippen LogP contribution < -0.4 is 9.80 Å². The van der Waals surface area contributed by atoms with Crippen molar-refractivity contribution < 1.29 is 29.1 Å². The fraction of sp³-hybridized carbons (Fsp3) is 0.115. The first kappa shape index (κ1) is 23.4. The highest BCUT2D eigenvalue weighted by Crippen LogP contribution is 2.23. The summed E-state index contributed by atoms with van der Waals surface area (Å²) < 4.78 is 0. The number of carboxylic acids is 1. The number of rotatable bonds is 8. The van der Waals surface area contributed by atoms with E-state index < -0.39 is 49.2 Å². The molecular weight excluding hydrogens is 450 g/mol. The Kier molecular flexibility index (Phi) is 6.68. The van der Waals surface area contributed by atoms with Crippen LogP contribution in [0.2, 0.25) is 0 Å². The number of carboxylic acid groups (broad SMARTS) is 1. The van der Waals surface area contributed by atoms with Gasteiger partial charge in [-0.05, 0) is 36.4 Å². The number of para-hydroxylation sites is 2. The third kappa shape index (κ3) is 4.93. The summed E-state index contributed by atoms with van der Waals surface area (Å²) in [6, 6.07) is 22.8. The average Bonchev–Trinajstić information content (AvgIpc) is 3.11. The van der Waals surface area contributed by atoms with Crippen LogP contribution in [0.4, 0.5) is 11.4 Å². The largest absolute Gasteiger partial charge is 0.480 e. The standard InChI is InChI=1S/C26H21N3O6/c30-22(28(17-24(32)33)19-11-5-2-6-12-19)15-27(18-9-3-1-4-10-18)23(31)16-29-25(34)20-13-7-8-14-21(20)26(29)35/h1-14H,15-17H2,(H,32,33). The van der Waals surface area contributed by atoms with Gasteiger partial charge in [0.25, 0.3) is 11.8 Å². The Hall–Kier alpha value is -4.79. The van der Waals surface area contributed by atoms with Crippen LogP contribution in [-0.2, 0) is 14.4 Å². The minimum atomic E-state index is -1.22. The lowest BCUT2D eigenvalue weighted by Gasteiger charge is -2.28. The van der Waals surface area contributed by atoms with Gasteiger partial charge in [-0.15, -0.1) is 0 Å². The van der Waals surface area contributed by atoms with Crippen LogP contribution in [0.1, 0.15) is 20.7 Å². The molecule has 1 aliphatic heterocycles. The summed E-state index contributed by atoms with van der Waals surface area (Å²) in [5, 5.41) is 9.33. The van der Waals surface area contributed by atoms with E-state index in [1.54, 1.807) is 72.8 Å². The molecule has 0 aliphatic carbocycles. The number of carbonyl (C=O) groups is 5. The second-order valence-electron chi connectivity index (χ2n) is 7.77. The molecule has 0 fully saturated rings. The van der Waals surface area contributed by atoms with Gasteiger partial charge in [-0.3, -0.25) is 33.8 Å². The van der Waals surface area contributed by atoms with Crippen LogP contribution in [0.3, 0.4) is 0 Å². The number of aliphatic carboxylic acids is 1. The van der Waals surface area contributed by atoms with Gasteiger partial charge in [0, 0.05) is 11.4 Å². The van der Waals surface area contributed by atoms with E-state index in [-0.39, 0.29) is 11.1 Å². The van der Waals surface area contributed by atoms with E-state index >= 15 is 0 Å². The lowest BCUT2D eigenvalue weighted by atomic mass is 10.1. The van der Waals surface area contributed by atoms with Gasteiger partial charge in [0.15, 0.2) is 0 Å². The van der Waals surface area contributed by atoms with Crippen molar-refractivity contribution in [1.82, 2.24) is 4.90 Å². The fourth-order valence-corrected chi connectivity index (χ4v) is 3.82. The molecule has 0 saturated heterocycles. The van der Waals surface area contributed by atoms with E-state index in [1.165, 1.54) is 12.1 Å². The molecule has 0 spiro atoms. The smallest absolute Gasteiger partial charge is 0.323 e. The predicted octanol–water partition coefficient (Wildman–Crippen LogP) is 2.43. The molecule has 0 saturated carbocycles. The van der Waals surface area contributed by atoms with Crippen LogP contribution in [0.5, 0.6) is 0 Å². The first-order valence-corrected chi connectivity index (χ1v) is 10.7. The van der Waals surface area contributed by atoms with Gasteiger partial charge in [0.1, 0.15) is 19.6 Å². The maximum Gasteiger partial charge on any atom is 0.323 e. The molecule has 9 heteroatoms. The molecule has 4 amide bonds. The van der Waals surface area contributed by atoms with Crippen molar-refractivity contribution in [3.8, 4) is 0 Å². The predicted molar refractivity (Wildman–Crippen MR) is 127 cm³/mol. The van der Waals surface area contributed by atoms with Crippen molar-refractivity contribution in [3.63, 3.8) is 0 Å². The number of fused-ring (bicyclic) bond motifs is 1. The van der Waals surface area contributed by atoms with Gasteiger partial charge in [-0.1, -0.05) is 48.5 Å². The number of amides is 4. The van der Waals surface area contributed by atoms with Crippen LogP contribution >= 0.6 is 0 Å². The van der Waals surface area contributed by atoms with Gasteiger partial charge >= 0.3 is 5.97 Å². The van der Waals surface area contributed by atoms with E-state index in [1.807, 2.05) is 0 Å². The van der Waals surface area contributed by atoms with Gasteiger partial charge < -0.3 is 10.0 Å². The normalized spacial score (nSPS) is 12.3. The van der Waals surface area contributed by atoms with Crippen molar-refractivity contribution >= 4 is 41.0 Å². The third-order valence-corrected chi connectivity index (χ3v) is 5.50. The fourth-order valence-electron chi connectivity index (χ4n) is 3.82. The van der Waals surface area contributed by atoms with E-state index in [0.29, 0.717) is 11.4 Å². The average molecular weight is 471 g/mol.